The van der Waals surface area contributed by atoms with Crippen molar-refractivity contribution < 1.29 is 32.2 Å². The van der Waals surface area contributed by atoms with Crippen molar-refractivity contribution in [2.75, 3.05) is 70.0 Å². The number of aromatic nitrogens is 6. The summed E-state index contributed by atoms with van der Waals surface area (Å²) in [7, 11) is 3.66. The van der Waals surface area contributed by atoms with Crippen molar-refractivity contribution in [3.8, 4) is 28.7 Å². The van der Waals surface area contributed by atoms with Gasteiger partial charge in [0.15, 0.2) is 11.5 Å². The Balaban J connectivity index is 1.30. The summed E-state index contributed by atoms with van der Waals surface area (Å²) >= 11 is 0. The van der Waals surface area contributed by atoms with Gasteiger partial charge in [-0.2, -0.15) is 13.2 Å². The minimum Gasteiger partial charge on any atom is -0.478 e. The number of hydrogen-bond donors (Lipinski definition) is 1. The molecule has 2 atom stereocenters. The third kappa shape index (κ3) is 8.33. The number of pyridine rings is 2. The summed E-state index contributed by atoms with van der Waals surface area (Å²) in [5.41, 5.74) is 1.64. The summed E-state index contributed by atoms with van der Waals surface area (Å²) in [6.45, 7) is 11.4. The number of hydrogen-bond acceptors (Lipinski definition) is 12. The van der Waals surface area contributed by atoms with E-state index < -0.39 is 17.6 Å². The van der Waals surface area contributed by atoms with Gasteiger partial charge >= 0.3 is 12.1 Å². The number of nitrogens with zero attached hydrogens (tertiary/aromatic N) is 8. The summed E-state index contributed by atoms with van der Waals surface area (Å²) in [6.07, 6.45) is 3.54. The fourth-order valence-corrected chi connectivity index (χ4v) is 7.55. The topological polar surface area (TPSA) is 135 Å². The van der Waals surface area contributed by atoms with Gasteiger partial charge in [-0.15, -0.1) is 0 Å². The molecule has 5 heterocycles. The number of aromatic amines is 1. The number of imidazole rings is 1. The highest BCUT2D eigenvalue weighted by Crippen LogP contribution is 2.44. The van der Waals surface area contributed by atoms with E-state index in [0.717, 1.165) is 49.9 Å². The third-order valence-electron chi connectivity index (χ3n) is 10.2. The van der Waals surface area contributed by atoms with Gasteiger partial charge in [0.1, 0.15) is 22.6 Å². The number of piperazine rings is 1. The molecule has 53 heavy (non-hydrogen) atoms. The number of alkyl halides is 3. The van der Waals surface area contributed by atoms with E-state index in [2.05, 4.69) is 38.5 Å². The molecule has 0 unspecified atom stereocenters. The maximum atomic E-state index is 14.1. The molecule has 0 bridgehead atoms. The van der Waals surface area contributed by atoms with Gasteiger partial charge in [0.05, 0.1) is 50.0 Å². The minimum atomic E-state index is -4.67. The van der Waals surface area contributed by atoms with Gasteiger partial charge in [0.25, 0.3) is 0 Å². The van der Waals surface area contributed by atoms with Crippen LogP contribution in [0.5, 0.6) is 5.88 Å². The van der Waals surface area contributed by atoms with Gasteiger partial charge in [-0.3, -0.25) is 9.69 Å². The van der Waals surface area contributed by atoms with E-state index >= 15 is 0 Å². The Morgan fingerprint density at radius 1 is 1.02 bits per heavy atom. The molecular formula is C37H48F3N9O4. The van der Waals surface area contributed by atoms with Crippen LogP contribution in [0.25, 0.3) is 33.9 Å². The lowest BCUT2D eigenvalue weighted by Gasteiger charge is -2.44. The summed E-state index contributed by atoms with van der Waals surface area (Å²) in [4.78, 5) is 44.9. The van der Waals surface area contributed by atoms with Crippen LogP contribution < -0.4 is 14.5 Å². The molecule has 1 aliphatic carbocycles. The second kappa shape index (κ2) is 15.8. The molecule has 16 heteroatoms. The largest absolute Gasteiger partial charge is 0.478 e. The van der Waals surface area contributed by atoms with Gasteiger partial charge in [0.2, 0.25) is 5.88 Å². The van der Waals surface area contributed by atoms with Crippen LogP contribution in [0.4, 0.5) is 24.7 Å². The number of fused-ring (bicyclic) bond motifs is 1. The second-order valence-electron chi connectivity index (χ2n) is 14.1. The average Bonchev–Trinajstić information content (AvgIpc) is 3.54. The number of carbonyl (C=O) groups excluding carboxylic acids is 1. The lowest BCUT2D eigenvalue weighted by molar-refractivity contribution is -0.143. The number of nitrogens with one attached hydrogen (secondary N) is 1. The first-order chi connectivity index (χ1) is 25.3. The highest BCUT2D eigenvalue weighted by Gasteiger charge is 2.39. The Bertz CT molecular complexity index is 1870. The van der Waals surface area contributed by atoms with Gasteiger partial charge < -0.3 is 29.0 Å². The zero-order valence-corrected chi connectivity index (χ0v) is 31.2. The quantitative estimate of drug-likeness (QED) is 0.152. The fraction of sp³-hybridized carbons (Fsp3) is 0.568. The molecule has 1 N–H and O–H groups in total. The Morgan fingerprint density at radius 3 is 2.38 bits per heavy atom. The average molecular weight is 740 g/mol. The zero-order valence-electron chi connectivity index (χ0n) is 31.2. The number of halogens is 3. The molecule has 0 radical (unpaired) electrons. The molecule has 286 valence electrons. The van der Waals surface area contributed by atoms with E-state index in [1.54, 1.807) is 32.5 Å². The summed E-state index contributed by atoms with van der Waals surface area (Å²) in [5, 5.41) is 0. The fourth-order valence-electron chi connectivity index (χ4n) is 7.55. The molecule has 2 fully saturated rings. The van der Waals surface area contributed by atoms with Gasteiger partial charge in [-0.25, -0.2) is 24.9 Å². The first-order valence-corrected chi connectivity index (χ1v) is 18.1. The second-order valence-corrected chi connectivity index (χ2v) is 14.1. The number of H-pyrrole nitrogens is 1. The predicted octanol–water partition coefficient (Wildman–Crippen LogP) is 6.00. The molecule has 0 spiro atoms. The predicted molar refractivity (Wildman–Crippen MR) is 195 cm³/mol. The van der Waals surface area contributed by atoms with Crippen LogP contribution in [-0.4, -0.2) is 113 Å². The summed E-state index contributed by atoms with van der Waals surface area (Å²) in [6, 6.07) is 3.15. The molecule has 1 saturated heterocycles. The normalized spacial score (nSPS) is 18.9. The van der Waals surface area contributed by atoms with Crippen LogP contribution in [0.1, 0.15) is 58.9 Å². The van der Waals surface area contributed by atoms with Crippen LogP contribution >= 0.6 is 0 Å². The monoisotopic (exact) mass is 739 g/mol. The van der Waals surface area contributed by atoms with Crippen molar-refractivity contribution in [1.29, 1.82) is 0 Å². The Hall–Kier alpha value is -4.57. The minimum absolute atomic E-state index is 0.0328. The number of carbonyl (C=O) groups is 1. The molecule has 13 nitrogen and oxygen atoms in total. The van der Waals surface area contributed by atoms with Crippen LogP contribution in [0, 0.1) is 5.41 Å². The summed E-state index contributed by atoms with van der Waals surface area (Å²) in [5.74, 6) is 0.489. The van der Waals surface area contributed by atoms with E-state index in [1.807, 2.05) is 14.0 Å². The van der Waals surface area contributed by atoms with Crippen LogP contribution in [0.3, 0.4) is 0 Å². The zero-order chi connectivity index (χ0) is 37.9. The van der Waals surface area contributed by atoms with E-state index in [-0.39, 0.29) is 35.6 Å². The third-order valence-corrected chi connectivity index (χ3v) is 10.2. The molecule has 0 amide bonds. The molecular weight excluding hydrogens is 691 g/mol. The first-order valence-electron chi connectivity index (χ1n) is 18.1. The highest BCUT2D eigenvalue weighted by atomic mass is 19.4. The molecule has 2 aliphatic rings. The molecule has 6 rings (SSSR count). The Morgan fingerprint density at radius 2 is 1.77 bits per heavy atom. The van der Waals surface area contributed by atoms with Crippen LogP contribution in [-0.2, 0) is 20.4 Å². The van der Waals surface area contributed by atoms with Gasteiger partial charge in [0, 0.05) is 69.6 Å². The van der Waals surface area contributed by atoms with Crippen LogP contribution in [0.2, 0.25) is 0 Å². The van der Waals surface area contributed by atoms with Gasteiger partial charge in [-0.1, -0.05) is 6.42 Å². The number of anilines is 2. The maximum Gasteiger partial charge on any atom is 0.421 e. The van der Waals surface area contributed by atoms with Crippen molar-refractivity contribution >= 4 is 28.6 Å². The standard InChI is InChI=1S/C37H48F3N9O4/c1-7-52-31(50)10-13-49-23(3)19-48(20-24(49)4)30-18-41-28(17-42-30)33-45-32-29(47(5)21-36(22-51-6)11-9-12-36)15-27(44-34(32)46-33)25-14-26(37(38,39)40)35(43-16-25)53-8-2/h14-18,23-24H,7-13,19-22H2,1-6H3,(H,44,45,46)/t23-,24+. The lowest BCUT2D eigenvalue weighted by atomic mass is 9.69. The molecule has 4 aromatic rings. The molecule has 1 aliphatic heterocycles. The van der Waals surface area contributed by atoms with Crippen LogP contribution in [0.15, 0.2) is 30.7 Å². The summed E-state index contributed by atoms with van der Waals surface area (Å²) < 4.78 is 58.2. The van der Waals surface area contributed by atoms with Crippen molar-refractivity contribution in [1.82, 2.24) is 34.8 Å². The molecule has 0 aromatic carbocycles. The van der Waals surface area contributed by atoms with Crippen molar-refractivity contribution in [3.63, 3.8) is 0 Å². The number of ether oxygens (including phenoxy) is 3. The number of esters is 1. The molecule has 4 aromatic heterocycles. The first kappa shape index (κ1) is 38.2. The maximum absolute atomic E-state index is 14.1. The lowest BCUT2D eigenvalue weighted by Crippen LogP contribution is -2.57. The van der Waals surface area contributed by atoms with Crippen molar-refractivity contribution in [2.24, 2.45) is 5.41 Å². The van der Waals surface area contributed by atoms with E-state index in [1.165, 1.54) is 6.20 Å². The van der Waals surface area contributed by atoms with Gasteiger partial charge in [-0.05, 0) is 52.7 Å². The smallest absolute Gasteiger partial charge is 0.421 e. The Kier molecular flexibility index (Phi) is 11.4. The highest BCUT2D eigenvalue weighted by molar-refractivity contribution is 5.91. The molecule has 1 saturated carbocycles. The SMILES string of the molecule is CCOC(=O)CCN1[C@H](C)CN(c2cnc(-c3nc4nc(-c5cnc(OCC)c(C(F)(F)F)c5)cc(N(C)CC5(COC)CCC5)c4[nH]3)cn2)C[C@@H]1C. The van der Waals surface area contributed by atoms with Crippen molar-refractivity contribution in [2.45, 2.75) is 71.6 Å². The number of rotatable bonds is 14. The van der Waals surface area contributed by atoms with E-state index in [0.29, 0.717) is 61.1 Å². The number of methoxy groups -OCH3 is 1. The van der Waals surface area contributed by atoms with E-state index in [9.17, 15) is 18.0 Å². The van der Waals surface area contributed by atoms with Crippen molar-refractivity contribution in [3.05, 3.63) is 36.3 Å². The Labute approximate surface area is 307 Å². The van der Waals surface area contributed by atoms with E-state index in [4.69, 9.17) is 34.1 Å².